The summed E-state index contributed by atoms with van der Waals surface area (Å²) in [5.74, 6) is 2.08. The quantitative estimate of drug-likeness (QED) is 0.473. The number of anilines is 1. The molecule has 0 spiro atoms. The van der Waals surface area contributed by atoms with Crippen molar-refractivity contribution in [3.8, 4) is 12.3 Å². The Morgan fingerprint density at radius 1 is 1.64 bits per heavy atom. The molecule has 1 aromatic heterocycles. The van der Waals surface area contributed by atoms with E-state index in [9.17, 15) is 4.39 Å². The van der Waals surface area contributed by atoms with Crippen LogP contribution in [0, 0.1) is 18.2 Å². The largest absolute Gasteiger partial charge is 0.367 e. The van der Waals surface area contributed by atoms with Crippen molar-refractivity contribution in [1.82, 2.24) is 9.97 Å². The number of nitrogens with zero attached hydrogens (tertiary/aromatic N) is 2. The molecule has 0 aromatic carbocycles. The molecule has 0 amide bonds. The molecule has 1 heterocycles. The predicted octanol–water partition coefficient (Wildman–Crippen LogP) is 2.09. The van der Waals surface area contributed by atoms with E-state index in [0.717, 1.165) is 12.6 Å². The second-order valence-electron chi connectivity index (χ2n) is 2.57. The topological polar surface area (TPSA) is 37.8 Å². The van der Waals surface area contributed by atoms with Gasteiger partial charge >= 0.3 is 0 Å². The fourth-order valence-electron chi connectivity index (χ4n) is 0.867. The van der Waals surface area contributed by atoms with E-state index in [1.54, 1.807) is 0 Å². The highest BCUT2D eigenvalue weighted by molar-refractivity contribution is 6.28. The second-order valence-corrected chi connectivity index (χ2v) is 2.91. The summed E-state index contributed by atoms with van der Waals surface area (Å²) in [6.45, 7) is 0.564. The van der Waals surface area contributed by atoms with Crippen molar-refractivity contribution < 1.29 is 4.39 Å². The summed E-state index contributed by atoms with van der Waals surface area (Å²) in [7, 11) is 0. The number of halogens is 2. The maximum atomic E-state index is 13.0. The highest BCUT2D eigenvalue weighted by atomic mass is 35.5. The van der Waals surface area contributed by atoms with Crippen LogP contribution in [0.5, 0.6) is 0 Å². The Balaban J connectivity index is 2.50. The van der Waals surface area contributed by atoms with E-state index >= 15 is 0 Å². The number of aromatic nitrogens is 2. The maximum Gasteiger partial charge on any atom is 0.224 e. The molecule has 0 aliphatic rings. The highest BCUT2D eigenvalue weighted by Gasteiger charge is 2.03. The summed E-state index contributed by atoms with van der Waals surface area (Å²) in [4.78, 5) is 7.18. The molecule has 74 valence electrons. The third-order valence-electron chi connectivity index (χ3n) is 1.51. The van der Waals surface area contributed by atoms with Crippen molar-refractivity contribution >= 4 is 17.4 Å². The molecule has 0 aliphatic carbocycles. The maximum absolute atomic E-state index is 13.0. The summed E-state index contributed by atoms with van der Waals surface area (Å²) in [6, 6.07) is 0. The molecule has 3 nitrogen and oxygen atoms in total. The average Bonchev–Trinajstić information content (AvgIpc) is 2.18. The van der Waals surface area contributed by atoms with Crippen LogP contribution in [0.2, 0.25) is 5.28 Å². The smallest absolute Gasteiger partial charge is 0.224 e. The van der Waals surface area contributed by atoms with Crippen molar-refractivity contribution in [3.05, 3.63) is 17.3 Å². The van der Waals surface area contributed by atoms with Gasteiger partial charge in [0.1, 0.15) is 0 Å². The monoisotopic (exact) mass is 213 g/mol. The van der Waals surface area contributed by atoms with E-state index in [4.69, 9.17) is 18.0 Å². The number of terminal acetylenes is 1. The second kappa shape index (κ2) is 5.40. The fourth-order valence-corrected chi connectivity index (χ4v) is 1.00. The molecular formula is C9H9ClFN3. The molecule has 1 aromatic rings. The molecule has 0 radical (unpaired) electrons. The van der Waals surface area contributed by atoms with Gasteiger partial charge in [-0.15, -0.1) is 12.3 Å². The van der Waals surface area contributed by atoms with Gasteiger partial charge in [0.2, 0.25) is 5.28 Å². The standard InChI is InChI=1S/C9H9ClFN3/c1-2-3-4-5-12-8-7(11)6-13-9(10)14-8/h1,6H,3-5H2,(H,12,13,14). The molecule has 0 saturated heterocycles. The molecule has 0 saturated carbocycles. The van der Waals surface area contributed by atoms with Crippen molar-refractivity contribution in [3.63, 3.8) is 0 Å². The van der Waals surface area contributed by atoms with E-state index in [1.165, 1.54) is 0 Å². The van der Waals surface area contributed by atoms with Gasteiger partial charge in [-0.1, -0.05) is 0 Å². The van der Waals surface area contributed by atoms with Gasteiger partial charge in [0.15, 0.2) is 11.6 Å². The molecule has 0 unspecified atom stereocenters. The lowest BCUT2D eigenvalue weighted by Crippen LogP contribution is -2.05. The minimum absolute atomic E-state index is 0.0193. The number of hydrogen-bond acceptors (Lipinski definition) is 3. The summed E-state index contributed by atoms with van der Waals surface area (Å²) in [5, 5.41) is 2.80. The van der Waals surface area contributed by atoms with Crippen molar-refractivity contribution in [2.45, 2.75) is 12.8 Å². The van der Waals surface area contributed by atoms with Gasteiger partial charge in [-0.05, 0) is 18.0 Å². The van der Waals surface area contributed by atoms with Crippen LogP contribution in [-0.2, 0) is 0 Å². The molecule has 0 atom stereocenters. The first-order valence-corrected chi connectivity index (χ1v) is 4.47. The summed E-state index contributed by atoms with van der Waals surface area (Å²) in [6.07, 6.45) is 7.50. The minimum atomic E-state index is -0.518. The van der Waals surface area contributed by atoms with Crippen LogP contribution in [-0.4, -0.2) is 16.5 Å². The van der Waals surface area contributed by atoms with Gasteiger partial charge in [-0.3, -0.25) is 0 Å². The summed E-state index contributed by atoms with van der Waals surface area (Å²) < 4.78 is 13.0. The zero-order valence-corrected chi connectivity index (χ0v) is 8.18. The first-order chi connectivity index (χ1) is 6.74. The van der Waals surface area contributed by atoms with Crippen molar-refractivity contribution in [1.29, 1.82) is 0 Å². The van der Waals surface area contributed by atoms with Crippen LogP contribution < -0.4 is 5.32 Å². The van der Waals surface area contributed by atoms with Gasteiger partial charge < -0.3 is 5.32 Å². The molecule has 0 bridgehead atoms. The van der Waals surface area contributed by atoms with Crippen LogP contribution in [0.4, 0.5) is 10.2 Å². The van der Waals surface area contributed by atoms with Gasteiger partial charge in [0.25, 0.3) is 0 Å². The Labute approximate surface area is 86.7 Å². The molecule has 0 aliphatic heterocycles. The lowest BCUT2D eigenvalue weighted by Gasteiger charge is -2.04. The number of rotatable bonds is 4. The molecule has 14 heavy (non-hydrogen) atoms. The lowest BCUT2D eigenvalue weighted by molar-refractivity contribution is 0.616. The third-order valence-corrected chi connectivity index (χ3v) is 1.69. The SMILES string of the molecule is C#CCCCNc1nc(Cl)ncc1F. The molecule has 5 heteroatoms. The van der Waals surface area contributed by atoms with Crippen LogP contribution in [0.25, 0.3) is 0 Å². The van der Waals surface area contributed by atoms with Gasteiger partial charge in [0.05, 0.1) is 6.20 Å². The number of unbranched alkanes of at least 4 members (excludes halogenated alkanes) is 1. The average molecular weight is 214 g/mol. The van der Waals surface area contributed by atoms with Gasteiger partial charge in [-0.2, -0.15) is 4.98 Å². The molecule has 0 fully saturated rings. The zero-order chi connectivity index (χ0) is 10.4. The van der Waals surface area contributed by atoms with Crippen LogP contribution in [0.3, 0.4) is 0 Å². The summed E-state index contributed by atoms with van der Waals surface area (Å²) >= 11 is 5.50. The van der Waals surface area contributed by atoms with E-state index in [-0.39, 0.29) is 11.1 Å². The normalized spacial score (nSPS) is 9.50. The molecule has 1 rings (SSSR count). The van der Waals surface area contributed by atoms with Crippen LogP contribution >= 0.6 is 11.6 Å². The Morgan fingerprint density at radius 3 is 3.14 bits per heavy atom. The third kappa shape index (κ3) is 3.19. The Hall–Kier alpha value is -1.34. The van der Waals surface area contributed by atoms with E-state index < -0.39 is 5.82 Å². The summed E-state index contributed by atoms with van der Waals surface area (Å²) in [5.41, 5.74) is 0. The van der Waals surface area contributed by atoms with E-state index in [1.807, 2.05) is 0 Å². The van der Waals surface area contributed by atoms with Gasteiger partial charge in [-0.25, -0.2) is 9.37 Å². The lowest BCUT2D eigenvalue weighted by atomic mass is 10.3. The Bertz CT molecular complexity index is 348. The first kappa shape index (κ1) is 10.7. The molecule has 1 N–H and O–H groups in total. The zero-order valence-electron chi connectivity index (χ0n) is 7.43. The fraction of sp³-hybridized carbons (Fsp3) is 0.333. The van der Waals surface area contributed by atoms with Gasteiger partial charge in [0, 0.05) is 13.0 Å². The predicted molar refractivity (Wildman–Crippen MR) is 53.6 cm³/mol. The highest BCUT2D eigenvalue weighted by Crippen LogP contribution is 2.11. The first-order valence-electron chi connectivity index (χ1n) is 4.09. The van der Waals surface area contributed by atoms with Crippen molar-refractivity contribution in [2.24, 2.45) is 0 Å². The number of nitrogens with one attached hydrogen (secondary N) is 1. The van der Waals surface area contributed by atoms with E-state index in [2.05, 4.69) is 21.2 Å². The Morgan fingerprint density at radius 2 is 2.43 bits per heavy atom. The van der Waals surface area contributed by atoms with Crippen LogP contribution in [0.1, 0.15) is 12.8 Å². The number of hydrogen-bond donors (Lipinski definition) is 1. The Kier molecular flexibility index (Phi) is 4.14. The molecular weight excluding hydrogens is 205 g/mol. The van der Waals surface area contributed by atoms with E-state index in [0.29, 0.717) is 13.0 Å². The van der Waals surface area contributed by atoms with Crippen molar-refractivity contribution in [2.75, 3.05) is 11.9 Å². The van der Waals surface area contributed by atoms with Crippen LogP contribution in [0.15, 0.2) is 6.20 Å². The minimum Gasteiger partial charge on any atom is -0.367 e.